The van der Waals surface area contributed by atoms with Crippen molar-refractivity contribution in [3.63, 3.8) is 0 Å². The topological polar surface area (TPSA) is 73.6 Å². The Morgan fingerprint density at radius 2 is 1.96 bits per heavy atom. The van der Waals surface area contributed by atoms with Gasteiger partial charge in [-0.2, -0.15) is 0 Å². The van der Waals surface area contributed by atoms with Gasteiger partial charge in [0.2, 0.25) is 6.79 Å². The summed E-state index contributed by atoms with van der Waals surface area (Å²) in [5.74, 6) is 2.46. The van der Waals surface area contributed by atoms with Crippen molar-refractivity contribution in [1.29, 1.82) is 0 Å². The van der Waals surface area contributed by atoms with Crippen LogP contribution in [0.2, 0.25) is 0 Å². The SMILES string of the molecule is c1cncc(-c2nc3cnccn3c2NCc2ccc3c(c2)OCO3)c1. The van der Waals surface area contributed by atoms with Crippen LogP contribution in [0.1, 0.15) is 5.56 Å². The van der Waals surface area contributed by atoms with Gasteiger partial charge >= 0.3 is 0 Å². The molecular weight excluding hydrogens is 330 g/mol. The van der Waals surface area contributed by atoms with E-state index in [9.17, 15) is 0 Å². The maximum atomic E-state index is 5.46. The van der Waals surface area contributed by atoms with Gasteiger partial charge in [0.25, 0.3) is 0 Å². The normalized spacial score (nSPS) is 12.5. The van der Waals surface area contributed by atoms with Gasteiger partial charge in [-0.3, -0.25) is 14.4 Å². The van der Waals surface area contributed by atoms with Crippen molar-refractivity contribution in [2.75, 3.05) is 12.1 Å². The molecule has 0 saturated heterocycles. The Hall–Kier alpha value is -3.61. The van der Waals surface area contributed by atoms with E-state index in [1.807, 2.05) is 40.9 Å². The van der Waals surface area contributed by atoms with E-state index in [0.29, 0.717) is 6.54 Å². The standard InChI is InChI=1S/C19H15N5O2/c1-2-14(10-20-5-1)18-19(24-7-6-21-11-17(24)23-18)22-9-13-3-4-15-16(8-13)26-12-25-15/h1-8,10-11,22H,9,12H2. The highest BCUT2D eigenvalue weighted by Crippen LogP contribution is 2.33. The number of rotatable bonds is 4. The van der Waals surface area contributed by atoms with E-state index in [4.69, 9.17) is 14.5 Å². The van der Waals surface area contributed by atoms with E-state index >= 15 is 0 Å². The summed E-state index contributed by atoms with van der Waals surface area (Å²) in [5, 5.41) is 3.49. The van der Waals surface area contributed by atoms with Gasteiger partial charge in [0.05, 0.1) is 6.20 Å². The highest BCUT2D eigenvalue weighted by atomic mass is 16.7. The van der Waals surface area contributed by atoms with Crippen LogP contribution in [0.5, 0.6) is 11.5 Å². The Balaban J connectivity index is 1.51. The monoisotopic (exact) mass is 345 g/mol. The third-order valence-corrected chi connectivity index (χ3v) is 4.26. The predicted molar refractivity (Wildman–Crippen MR) is 96.1 cm³/mol. The number of hydrogen-bond acceptors (Lipinski definition) is 6. The maximum Gasteiger partial charge on any atom is 0.231 e. The third kappa shape index (κ3) is 2.50. The highest BCUT2D eigenvalue weighted by Gasteiger charge is 2.16. The molecule has 5 rings (SSSR count). The molecule has 0 unspecified atom stereocenters. The average molecular weight is 345 g/mol. The molecule has 3 aromatic heterocycles. The lowest BCUT2D eigenvalue weighted by molar-refractivity contribution is 0.174. The number of pyridine rings is 1. The molecule has 26 heavy (non-hydrogen) atoms. The molecule has 7 heteroatoms. The second-order valence-corrected chi connectivity index (χ2v) is 5.90. The molecule has 0 amide bonds. The van der Waals surface area contributed by atoms with E-state index < -0.39 is 0 Å². The molecule has 0 atom stereocenters. The fraction of sp³-hybridized carbons (Fsp3) is 0.105. The van der Waals surface area contributed by atoms with Crippen molar-refractivity contribution < 1.29 is 9.47 Å². The van der Waals surface area contributed by atoms with Crippen molar-refractivity contribution in [1.82, 2.24) is 19.4 Å². The molecule has 4 aromatic rings. The second kappa shape index (κ2) is 6.03. The Kier molecular flexibility index (Phi) is 3.41. The molecule has 7 nitrogen and oxygen atoms in total. The van der Waals surface area contributed by atoms with Crippen molar-refractivity contribution in [3.8, 4) is 22.8 Å². The second-order valence-electron chi connectivity index (χ2n) is 5.90. The first-order chi connectivity index (χ1) is 12.9. The van der Waals surface area contributed by atoms with Crippen LogP contribution < -0.4 is 14.8 Å². The van der Waals surface area contributed by atoms with Gasteiger partial charge in [0, 0.05) is 36.9 Å². The van der Waals surface area contributed by atoms with Crippen LogP contribution in [-0.2, 0) is 6.54 Å². The lowest BCUT2D eigenvalue weighted by Crippen LogP contribution is -2.03. The van der Waals surface area contributed by atoms with Gasteiger partial charge in [-0.15, -0.1) is 0 Å². The number of fused-ring (bicyclic) bond motifs is 2. The number of aromatic nitrogens is 4. The first kappa shape index (κ1) is 14.7. The summed E-state index contributed by atoms with van der Waals surface area (Å²) >= 11 is 0. The van der Waals surface area contributed by atoms with E-state index in [1.165, 1.54) is 0 Å². The number of imidazole rings is 1. The fourth-order valence-electron chi connectivity index (χ4n) is 3.02. The molecule has 1 aromatic carbocycles. The summed E-state index contributed by atoms with van der Waals surface area (Å²) in [7, 11) is 0. The minimum absolute atomic E-state index is 0.275. The third-order valence-electron chi connectivity index (χ3n) is 4.26. The summed E-state index contributed by atoms with van der Waals surface area (Å²) in [5.41, 5.74) is 3.66. The number of nitrogens with zero attached hydrogens (tertiary/aromatic N) is 4. The van der Waals surface area contributed by atoms with E-state index in [1.54, 1.807) is 24.8 Å². The minimum Gasteiger partial charge on any atom is -0.454 e. The largest absolute Gasteiger partial charge is 0.454 e. The lowest BCUT2D eigenvalue weighted by atomic mass is 10.2. The van der Waals surface area contributed by atoms with Crippen molar-refractivity contribution in [2.45, 2.75) is 6.54 Å². The van der Waals surface area contributed by atoms with Gasteiger partial charge < -0.3 is 14.8 Å². The van der Waals surface area contributed by atoms with Crippen molar-refractivity contribution >= 4 is 11.5 Å². The molecule has 0 spiro atoms. The highest BCUT2D eigenvalue weighted by molar-refractivity contribution is 5.75. The predicted octanol–water partition coefficient (Wildman–Crippen LogP) is 3.13. The fourth-order valence-corrected chi connectivity index (χ4v) is 3.02. The molecular formula is C19H15N5O2. The number of benzene rings is 1. The molecule has 0 aliphatic carbocycles. The summed E-state index contributed by atoms with van der Waals surface area (Å²) < 4.78 is 12.8. The molecule has 0 fully saturated rings. The van der Waals surface area contributed by atoms with Crippen molar-refractivity contribution in [3.05, 3.63) is 66.9 Å². The van der Waals surface area contributed by atoms with Crippen LogP contribution in [0.3, 0.4) is 0 Å². The summed E-state index contributed by atoms with van der Waals surface area (Å²) in [4.78, 5) is 13.1. The first-order valence-corrected chi connectivity index (χ1v) is 8.23. The van der Waals surface area contributed by atoms with E-state index in [-0.39, 0.29) is 6.79 Å². The smallest absolute Gasteiger partial charge is 0.231 e. The zero-order valence-electron chi connectivity index (χ0n) is 13.8. The van der Waals surface area contributed by atoms with Crippen LogP contribution in [0.4, 0.5) is 5.82 Å². The van der Waals surface area contributed by atoms with Gasteiger partial charge in [0.15, 0.2) is 17.1 Å². The molecule has 0 bridgehead atoms. The van der Waals surface area contributed by atoms with Gasteiger partial charge in [-0.1, -0.05) is 6.07 Å². The van der Waals surface area contributed by atoms with Gasteiger partial charge in [-0.25, -0.2) is 4.98 Å². The van der Waals surface area contributed by atoms with Gasteiger partial charge in [0.1, 0.15) is 11.5 Å². The van der Waals surface area contributed by atoms with Gasteiger partial charge in [-0.05, 0) is 29.8 Å². The zero-order valence-corrected chi connectivity index (χ0v) is 13.8. The molecule has 1 aliphatic rings. The van der Waals surface area contributed by atoms with E-state index in [2.05, 4.69) is 15.3 Å². The number of nitrogens with one attached hydrogen (secondary N) is 1. The van der Waals surface area contributed by atoms with Crippen LogP contribution in [0.15, 0.2) is 61.3 Å². The van der Waals surface area contributed by atoms with Crippen molar-refractivity contribution in [2.24, 2.45) is 0 Å². The Morgan fingerprint density at radius 1 is 1.04 bits per heavy atom. The summed E-state index contributed by atoms with van der Waals surface area (Å²) in [6.07, 6.45) is 8.94. The molecule has 1 aliphatic heterocycles. The first-order valence-electron chi connectivity index (χ1n) is 8.23. The Labute approximate surface area is 149 Å². The minimum atomic E-state index is 0.275. The number of anilines is 1. The molecule has 1 N–H and O–H groups in total. The van der Waals surface area contributed by atoms with Crippen LogP contribution in [-0.4, -0.2) is 26.1 Å². The molecule has 128 valence electrons. The van der Waals surface area contributed by atoms with Crippen LogP contribution >= 0.6 is 0 Å². The quantitative estimate of drug-likeness (QED) is 0.613. The number of ether oxygens (including phenoxy) is 2. The van der Waals surface area contributed by atoms with Crippen LogP contribution in [0, 0.1) is 0 Å². The summed E-state index contributed by atoms with van der Waals surface area (Å²) in [6.45, 7) is 0.900. The zero-order chi connectivity index (χ0) is 17.3. The maximum absolute atomic E-state index is 5.46. The lowest BCUT2D eigenvalue weighted by Gasteiger charge is -2.09. The summed E-state index contributed by atoms with van der Waals surface area (Å²) in [6, 6.07) is 9.84. The average Bonchev–Trinajstić information content (AvgIpc) is 3.31. The van der Waals surface area contributed by atoms with Crippen LogP contribution in [0.25, 0.3) is 16.9 Å². The Bertz CT molecular complexity index is 1080. The molecule has 4 heterocycles. The molecule has 0 saturated carbocycles. The van der Waals surface area contributed by atoms with E-state index in [0.717, 1.165) is 39.8 Å². The number of hydrogen-bond donors (Lipinski definition) is 1. The molecule has 0 radical (unpaired) electrons. The Morgan fingerprint density at radius 3 is 2.88 bits per heavy atom.